The summed E-state index contributed by atoms with van der Waals surface area (Å²) < 4.78 is 0. The summed E-state index contributed by atoms with van der Waals surface area (Å²) in [6.07, 6.45) is 1.82. The highest BCUT2D eigenvalue weighted by atomic mass is 35.5. The maximum absolute atomic E-state index is 5.84. The molecule has 0 unspecified atom stereocenters. The maximum atomic E-state index is 5.84. The van der Waals surface area contributed by atoms with Crippen molar-refractivity contribution in [3.63, 3.8) is 0 Å². The van der Waals surface area contributed by atoms with Gasteiger partial charge in [-0.2, -0.15) is 0 Å². The minimum absolute atomic E-state index is 0.505. The lowest BCUT2D eigenvalue weighted by Crippen LogP contribution is -1.83. The van der Waals surface area contributed by atoms with E-state index in [-0.39, 0.29) is 0 Å². The van der Waals surface area contributed by atoms with Gasteiger partial charge in [0.25, 0.3) is 0 Å². The number of fused-ring (bicyclic) bond motifs is 1. The van der Waals surface area contributed by atoms with E-state index in [9.17, 15) is 0 Å². The summed E-state index contributed by atoms with van der Waals surface area (Å²) in [4.78, 5) is 12.1. The first kappa shape index (κ1) is 11.2. The third-order valence-corrected chi connectivity index (χ3v) is 3.14. The molecule has 1 aromatic carbocycles. The molecule has 2 heterocycles. The van der Waals surface area contributed by atoms with Crippen molar-refractivity contribution in [1.82, 2.24) is 15.0 Å². The molecule has 0 bridgehead atoms. The van der Waals surface area contributed by atoms with Gasteiger partial charge in [-0.25, -0.2) is 9.97 Å². The Labute approximate surface area is 110 Å². The Hall–Kier alpha value is -1.87. The van der Waals surface area contributed by atoms with Crippen molar-refractivity contribution in [2.24, 2.45) is 0 Å². The Balaban J connectivity index is 2.13. The minimum atomic E-state index is 0.505. The second kappa shape index (κ2) is 4.42. The average molecular weight is 258 g/mol. The maximum Gasteiger partial charge on any atom is 0.178 e. The molecule has 0 aliphatic rings. The molecule has 1 N–H and O–H groups in total. The molecule has 0 aliphatic heterocycles. The van der Waals surface area contributed by atoms with E-state index in [4.69, 9.17) is 11.6 Å². The van der Waals surface area contributed by atoms with Gasteiger partial charge in [-0.05, 0) is 30.2 Å². The van der Waals surface area contributed by atoms with Gasteiger partial charge in [-0.15, -0.1) is 11.6 Å². The smallest absolute Gasteiger partial charge is 0.178 e. The summed E-state index contributed by atoms with van der Waals surface area (Å²) in [7, 11) is 0. The Kier molecular flexibility index (Phi) is 2.76. The molecule has 0 spiro atoms. The number of pyridine rings is 1. The third-order valence-electron chi connectivity index (χ3n) is 2.83. The van der Waals surface area contributed by atoms with Gasteiger partial charge in [0.05, 0.1) is 5.52 Å². The highest BCUT2D eigenvalue weighted by molar-refractivity contribution is 6.17. The fraction of sp³-hybridized carbons (Fsp3) is 0.143. The number of benzene rings is 1. The summed E-state index contributed by atoms with van der Waals surface area (Å²) in [6.45, 7) is 2.01. The third kappa shape index (κ3) is 1.97. The molecule has 3 rings (SSSR count). The predicted molar refractivity (Wildman–Crippen MR) is 73.6 cm³/mol. The standard InChI is InChI=1S/C14H12ClN3/c1-9-5-12-14(16-8-9)18-13(17-12)11-4-2-3-10(6-11)7-15/h2-6,8H,7H2,1H3,(H,16,17,18). The SMILES string of the molecule is Cc1cnc2nc(-c3cccc(CCl)c3)[nH]c2c1. The molecule has 0 radical (unpaired) electrons. The summed E-state index contributed by atoms with van der Waals surface area (Å²) in [5, 5.41) is 0. The lowest BCUT2D eigenvalue weighted by atomic mass is 10.1. The van der Waals surface area contributed by atoms with Crippen LogP contribution in [0.4, 0.5) is 0 Å². The lowest BCUT2D eigenvalue weighted by molar-refractivity contribution is 1.28. The monoisotopic (exact) mass is 257 g/mol. The second-order valence-electron chi connectivity index (χ2n) is 4.30. The predicted octanol–water partition coefficient (Wildman–Crippen LogP) is 3.67. The molecule has 0 saturated carbocycles. The normalized spacial score (nSPS) is 11.0. The van der Waals surface area contributed by atoms with Gasteiger partial charge in [0.2, 0.25) is 0 Å². The van der Waals surface area contributed by atoms with E-state index >= 15 is 0 Å². The van der Waals surface area contributed by atoms with Crippen LogP contribution in [0.15, 0.2) is 36.5 Å². The molecule has 0 amide bonds. The highest BCUT2D eigenvalue weighted by Gasteiger charge is 2.06. The van der Waals surface area contributed by atoms with Gasteiger partial charge in [0, 0.05) is 17.6 Å². The van der Waals surface area contributed by atoms with E-state index in [0.29, 0.717) is 5.88 Å². The van der Waals surface area contributed by atoms with Crippen LogP contribution in [0.25, 0.3) is 22.6 Å². The number of H-pyrrole nitrogens is 1. The first-order chi connectivity index (χ1) is 8.76. The molecule has 18 heavy (non-hydrogen) atoms. The van der Waals surface area contributed by atoms with Crippen LogP contribution >= 0.6 is 11.6 Å². The van der Waals surface area contributed by atoms with Gasteiger partial charge in [0.1, 0.15) is 5.82 Å². The van der Waals surface area contributed by atoms with Crippen molar-refractivity contribution >= 4 is 22.8 Å². The number of rotatable bonds is 2. The van der Waals surface area contributed by atoms with Gasteiger partial charge < -0.3 is 4.98 Å². The van der Waals surface area contributed by atoms with Crippen LogP contribution in [0.1, 0.15) is 11.1 Å². The van der Waals surface area contributed by atoms with Crippen molar-refractivity contribution in [2.75, 3.05) is 0 Å². The molecule has 2 aromatic heterocycles. The van der Waals surface area contributed by atoms with Gasteiger partial charge >= 0.3 is 0 Å². The zero-order chi connectivity index (χ0) is 12.5. The number of hydrogen-bond donors (Lipinski definition) is 1. The Morgan fingerprint density at radius 1 is 1.28 bits per heavy atom. The van der Waals surface area contributed by atoms with Gasteiger partial charge in [-0.3, -0.25) is 0 Å². The minimum Gasteiger partial charge on any atom is -0.337 e. The molecule has 0 atom stereocenters. The first-order valence-corrected chi connectivity index (χ1v) is 6.27. The Morgan fingerprint density at radius 3 is 3.00 bits per heavy atom. The fourth-order valence-electron chi connectivity index (χ4n) is 1.94. The number of imidazole rings is 1. The van der Waals surface area contributed by atoms with Crippen LogP contribution < -0.4 is 0 Å². The van der Waals surface area contributed by atoms with Crippen molar-refractivity contribution in [3.05, 3.63) is 47.7 Å². The average Bonchev–Trinajstić information content (AvgIpc) is 2.81. The van der Waals surface area contributed by atoms with E-state index in [2.05, 4.69) is 15.0 Å². The largest absolute Gasteiger partial charge is 0.337 e. The van der Waals surface area contributed by atoms with Crippen molar-refractivity contribution in [2.45, 2.75) is 12.8 Å². The van der Waals surface area contributed by atoms with Crippen LogP contribution in [-0.4, -0.2) is 15.0 Å². The highest BCUT2D eigenvalue weighted by Crippen LogP contribution is 2.21. The van der Waals surface area contributed by atoms with Crippen LogP contribution in [0, 0.1) is 6.92 Å². The molecular formula is C14H12ClN3. The number of nitrogens with one attached hydrogen (secondary N) is 1. The zero-order valence-corrected chi connectivity index (χ0v) is 10.7. The number of aromatic amines is 1. The molecule has 3 aromatic rings. The van der Waals surface area contributed by atoms with E-state index < -0.39 is 0 Å². The Morgan fingerprint density at radius 2 is 2.17 bits per heavy atom. The molecular weight excluding hydrogens is 246 g/mol. The van der Waals surface area contributed by atoms with Crippen LogP contribution in [-0.2, 0) is 5.88 Å². The number of hydrogen-bond acceptors (Lipinski definition) is 2. The summed E-state index contributed by atoms with van der Waals surface area (Å²) in [5.74, 6) is 1.33. The number of nitrogens with zero attached hydrogens (tertiary/aromatic N) is 2. The number of alkyl halides is 1. The van der Waals surface area contributed by atoms with Crippen LogP contribution in [0.3, 0.4) is 0 Å². The fourth-order valence-corrected chi connectivity index (χ4v) is 2.11. The topological polar surface area (TPSA) is 41.6 Å². The number of halogens is 1. The Bertz CT molecular complexity index is 703. The second-order valence-corrected chi connectivity index (χ2v) is 4.57. The zero-order valence-electron chi connectivity index (χ0n) is 9.94. The summed E-state index contributed by atoms with van der Waals surface area (Å²) >= 11 is 5.84. The van der Waals surface area contributed by atoms with E-state index in [1.54, 1.807) is 0 Å². The molecule has 4 heteroatoms. The van der Waals surface area contributed by atoms with Crippen molar-refractivity contribution in [1.29, 1.82) is 0 Å². The molecule has 3 nitrogen and oxygen atoms in total. The number of aryl methyl sites for hydroxylation is 1. The van der Waals surface area contributed by atoms with Crippen molar-refractivity contribution < 1.29 is 0 Å². The van der Waals surface area contributed by atoms with Crippen molar-refractivity contribution in [3.8, 4) is 11.4 Å². The molecule has 0 saturated heterocycles. The van der Waals surface area contributed by atoms with E-state index in [1.807, 2.05) is 43.5 Å². The quantitative estimate of drug-likeness (QED) is 0.712. The molecule has 90 valence electrons. The number of aromatic nitrogens is 3. The van der Waals surface area contributed by atoms with Gasteiger partial charge in [-0.1, -0.05) is 18.2 Å². The van der Waals surface area contributed by atoms with Gasteiger partial charge in [0.15, 0.2) is 5.65 Å². The summed E-state index contributed by atoms with van der Waals surface area (Å²) in [5.41, 5.74) is 4.93. The van der Waals surface area contributed by atoms with E-state index in [1.165, 1.54) is 0 Å². The summed E-state index contributed by atoms with van der Waals surface area (Å²) in [6, 6.07) is 10.1. The van der Waals surface area contributed by atoms with E-state index in [0.717, 1.165) is 33.7 Å². The molecule has 0 fully saturated rings. The van der Waals surface area contributed by atoms with Crippen LogP contribution in [0.2, 0.25) is 0 Å². The molecule has 0 aliphatic carbocycles. The first-order valence-electron chi connectivity index (χ1n) is 5.74. The lowest BCUT2D eigenvalue weighted by Gasteiger charge is -1.99. The van der Waals surface area contributed by atoms with Crippen LogP contribution in [0.5, 0.6) is 0 Å².